The van der Waals surface area contributed by atoms with Crippen LogP contribution in [-0.4, -0.2) is 41.4 Å². The minimum atomic E-state index is -0.478. The van der Waals surface area contributed by atoms with Gasteiger partial charge < -0.3 is 10.2 Å². The van der Waals surface area contributed by atoms with Crippen LogP contribution in [0.5, 0.6) is 0 Å². The predicted octanol–water partition coefficient (Wildman–Crippen LogP) is 2.18. The summed E-state index contributed by atoms with van der Waals surface area (Å²) in [5.74, 6) is 0.384. The third-order valence-electron chi connectivity index (χ3n) is 4.28. The number of hydrogen-bond acceptors (Lipinski definition) is 4. The van der Waals surface area contributed by atoms with Crippen LogP contribution in [0.1, 0.15) is 23.2 Å². The molecule has 6 nitrogen and oxygen atoms in total. The zero-order chi connectivity index (χ0) is 15.0. The number of hydrogen-bond donors (Lipinski definition) is 1. The normalized spacial score (nSPS) is 24.7. The first-order valence-corrected chi connectivity index (χ1v) is 7.81. The van der Waals surface area contributed by atoms with E-state index >= 15 is 0 Å². The molecule has 2 unspecified atom stereocenters. The van der Waals surface area contributed by atoms with Gasteiger partial charge in [0.25, 0.3) is 11.6 Å². The van der Waals surface area contributed by atoms with Crippen molar-refractivity contribution in [2.24, 2.45) is 5.92 Å². The average molecular weight is 354 g/mol. The van der Waals surface area contributed by atoms with E-state index in [1.54, 1.807) is 6.07 Å². The third-order valence-corrected chi connectivity index (χ3v) is 4.74. The van der Waals surface area contributed by atoms with Crippen molar-refractivity contribution < 1.29 is 9.72 Å². The zero-order valence-corrected chi connectivity index (χ0v) is 13.0. The number of benzene rings is 1. The number of likely N-dealkylation sites (tertiary alicyclic amines) is 1. The molecular formula is C14H16BrN3O3. The summed E-state index contributed by atoms with van der Waals surface area (Å²) < 4.78 is 0.553. The van der Waals surface area contributed by atoms with E-state index < -0.39 is 4.92 Å². The van der Waals surface area contributed by atoms with Crippen molar-refractivity contribution in [1.29, 1.82) is 0 Å². The number of nitrogens with zero attached hydrogens (tertiary/aromatic N) is 2. The topological polar surface area (TPSA) is 75.5 Å². The number of nitro groups is 1. The maximum atomic E-state index is 12.6. The summed E-state index contributed by atoms with van der Waals surface area (Å²) in [5.41, 5.74) is 0.311. The standard InChI is InChI=1S/C14H16BrN3O3/c15-11-5-10(6-12(7-11)18(20)21)14(19)17-4-2-13-9(8-17)1-3-16-13/h5-7,9,13,16H,1-4,8H2. The Hall–Kier alpha value is -1.47. The molecule has 2 atom stereocenters. The first-order chi connectivity index (χ1) is 10.0. The van der Waals surface area contributed by atoms with Gasteiger partial charge in [0.15, 0.2) is 0 Å². The molecule has 1 N–H and O–H groups in total. The largest absolute Gasteiger partial charge is 0.338 e. The van der Waals surface area contributed by atoms with Crippen LogP contribution in [0.4, 0.5) is 5.69 Å². The summed E-state index contributed by atoms with van der Waals surface area (Å²) in [6, 6.07) is 4.93. The summed E-state index contributed by atoms with van der Waals surface area (Å²) in [7, 11) is 0. The molecule has 3 rings (SSSR count). The van der Waals surface area contributed by atoms with Crippen LogP contribution in [0.15, 0.2) is 22.7 Å². The molecule has 0 radical (unpaired) electrons. The van der Waals surface area contributed by atoms with Gasteiger partial charge in [-0.05, 0) is 31.4 Å². The van der Waals surface area contributed by atoms with Crippen molar-refractivity contribution in [3.63, 3.8) is 0 Å². The van der Waals surface area contributed by atoms with E-state index in [1.807, 2.05) is 4.90 Å². The highest BCUT2D eigenvalue weighted by Crippen LogP contribution is 2.27. The fourth-order valence-electron chi connectivity index (χ4n) is 3.22. The molecule has 2 aliphatic rings. The number of halogens is 1. The zero-order valence-electron chi connectivity index (χ0n) is 11.4. The summed E-state index contributed by atoms with van der Waals surface area (Å²) in [6.45, 7) is 2.45. The Morgan fingerprint density at radius 3 is 2.95 bits per heavy atom. The highest BCUT2D eigenvalue weighted by Gasteiger charge is 2.34. The number of carbonyl (C=O) groups is 1. The average Bonchev–Trinajstić information content (AvgIpc) is 2.93. The number of carbonyl (C=O) groups excluding carboxylic acids is 1. The van der Waals surface area contributed by atoms with Gasteiger partial charge in [-0.15, -0.1) is 0 Å². The first kappa shape index (κ1) is 14.5. The maximum absolute atomic E-state index is 12.6. The number of rotatable bonds is 2. The van der Waals surface area contributed by atoms with E-state index in [-0.39, 0.29) is 11.6 Å². The molecule has 112 valence electrons. The van der Waals surface area contributed by atoms with Gasteiger partial charge in [-0.3, -0.25) is 14.9 Å². The fourth-order valence-corrected chi connectivity index (χ4v) is 3.70. The quantitative estimate of drug-likeness (QED) is 0.653. The van der Waals surface area contributed by atoms with E-state index in [4.69, 9.17) is 0 Å². The predicted molar refractivity (Wildman–Crippen MR) is 81.2 cm³/mol. The molecule has 0 aliphatic carbocycles. The molecular weight excluding hydrogens is 338 g/mol. The van der Waals surface area contributed by atoms with Crippen molar-refractivity contribution in [2.75, 3.05) is 19.6 Å². The van der Waals surface area contributed by atoms with Gasteiger partial charge in [0, 0.05) is 41.3 Å². The lowest BCUT2D eigenvalue weighted by Crippen LogP contribution is -2.46. The van der Waals surface area contributed by atoms with Crippen LogP contribution in [0.25, 0.3) is 0 Å². The molecule has 1 aromatic carbocycles. The number of fused-ring (bicyclic) bond motifs is 1. The second-order valence-electron chi connectivity index (χ2n) is 5.60. The summed E-state index contributed by atoms with van der Waals surface area (Å²) in [5, 5.41) is 14.4. The number of nitro benzene ring substituents is 1. The van der Waals surface area contributed by atoms with Crippen LogP contribution < -0.4 is 5.32 Å². The lowest BCUT2D eigenvalue weighted by molar-refractivity contribution is -0.385. The minimum absolute atomic E-state index is 0.0647. The van der Waals surface area contributed by atoms with Gasteiger partial charge >= 0.3 is 0 Å². The molecule has 0 bridgehead atoms. The second kappa shape index (κ2) is 5.73. The van der Waals surface area contributed by atoms with E-state index in [0.717, 1.165) is 25.9 Å². The molecule has 21 heavy (non-hydrogen) atoms. The van der Waals surface area contributed by atoms with E-state index in [0.29, 0.717) is 28.5 Å². The van der Waals surface area contributed by atoms with Gasteiger partial charge in [-0.2, -0.15) is 0 Å². The lowest BCUT2D eigenvalue weighted by Gasteiger charge is -2.34. The summed E-state index contributed by atoms with van der Waals surface area (Å²) in [6.07, 6.45) is 2.04. The van der Waals surface area contributed by atoms with Gasteiger partial charge in [0.2, 0.25) is 0 Å². The Labute approximate surface area is 130 Å². The summed E-state index contributed by atoms with van der Waals surface area (Å²) in [4.78, 5) is 24.8. The van der Waals surface area contributed by atoms with E-state index in [9.17, 15) is 14.9 Å². The van der Waals surface area contributed by atoms with Crippen molar-refractivity contribution in [1.82, 2.24) is 10.2 Å². The fraction of sp³-hybridized carbons (Fsp3) is 0.500. The van der Waals surface area contributed by atoms with Crippen molar-refractivity contribution >= 4 is 27.5 Å². The molecule has 2 aliphatic heterocycles. The lowest BCUT2D eigenvalue weighted by atomic mass is 9.93. The van der Waals surface area contributed by atoms with Crippen LogP contribution in [0.2, 0.25) is 0 Å². The van der Waals surface area contributed by atoms with Gasteiger partial charge in [0.1, 0.15) is 0 Å². The molecule has 0 aromatic heterocycles. The van der Waals surface area contributed by atoms with E-state index in [1.165, 1.54) is 12.1 Å². The Balaban J connectivity index is 1.80. The van der Waals surface area contributed by atoms with Crippen LogP contribution in [0.3, 0.4) is 0 Å². The van der Waals surface area contributed by atoms with Gasteiger partial charge in [-0.1, -0.05) is 15.9 Å². The third kappa shape index (κ3) is 2.94. The molecule has 1 amide bonds. The minimum Gasteiger partial charge on any atom is -0.338 e. The van der Waals surface area contributed by atoms with Gasteiger partial charge in [0.05, 0.1) is 4.92 Å². The Kier molecular flexibility index (Phi) is 3.95. The molecule has 2 saturated heterocycles. The highest BCUT2D eigenvalue weighted by atomic mass is 79.9. The summed E-state index contributed by atoms with van der Waals surface area (Å²) >= 11 is 3.23. The van der Waals surface area contributed by atoms with Gasteiger partial charge in [-0.25, -0.2) is 0 Å². The van der Waals surface area contributed by atoms with Crippen LogP contribution in [-0.2, 0) is 0 Å². The Morgan fingerprint density at radius 1 is 1.38 bits per heavy atom. The molecule has 7 heteroatoms. The SMILES string of the molecule is O=C(c1cc(Br)cc([N+](=O)[O-])c1)N1CCC2NCCC2C1. The number of amides is 1. The molecule has 2 heterocycles. The van der Waals surface area contributed by atoms with Crippen LogP contribution >= 0.6 is 15.9 Å². The molecule has 0 saturated carbocycles. The molecule has 2 fully saturated rings. The second-order valence-corrected chi connectivity index (χ2v) is 6.52. The molecule has 1 aromatic rings. The molecule has 0 spiro atoms. The monoisotopic (exact) mass is 353 g/mol. The number of non-ortho nitro benzene ring substituents is 1. The maximum Gasteiger partial charge on any atom is 0.271 e. The number of nitrogens with one attached hydrogen (secondary N) is 1. The number of piperidine rings is 1. The van der Waals surface area contributed by atoms with Crippen molar-refractivity contribution in [3.8, 4) is 0 Å². The van der Waals surface area contributed by atoms with Crippen molar-refractivity contribution in [2.45, 2.75) is 18.9 Å². The Morgan fingerprint density at radius 2 is 2.19 bits per heavy atom. The van der Waals surface area contributed by atoms with Crippen molar-refractivity contribution in [3.05, 3.63) is 38.3 Å². The van der Waals surface area contributed by atoms with Crippen LogP contribution in [0, 0.1) is 16.0 Å². The smallest absolute Gasteiger partial charge is 0.271 e. The Bertz CT molecular complexity index is 593. The highest BCUT2D eigenvalue weighted by molar-refractivity contribution is 9.10. The van der Waals surface area contributed by atoms with E-state index in [2.05, 4.69) is 21.2 Å². The first-order valence-electron chi connectivity index (χ1n) is 7.02.